The molecule has 0 radical (unpaired) electrons. The van der Waals surface area contributed by atoms with Gasteiger partial charge in [0.2, 0.25) is 17.3 Å². The highest BCUT2D eigenvalue weighted by Gasteiger charge is 2.26. The van der Waals surface area contributed by atoms with Crippen molar-refractivity contribution in [3.05, 3.63) is 203 Å². The van der Waals surface area contributed by atoms with Crippen LogP contribution >= 0.6 is 15.9 Å². The molecule has 12 heterocycles. The van der Waals surface area contributed by atoms with E-state index >= 15 is 0 Å². The number of aromatic nitrogens is 15. The van der Waals surface area contributed by atoms with Gasteiger partial charge >= 0.3 is 0 Å². The Bertz CT molecular complexity index is 4670. The number of aryl methyl sites for hydroxylation is 3. The first-order valence-electron chi connectivity index (χ1n) is 32.7. The third-order valence-electron chi connectivity index (χ3n) is 18.4. The highest BCUT2D eigenvalue weighted by atomic mass is 79.9. The quantitative estimate of drug-likeness (QED) is 0.0583. The van der Waals surface area contributed by atoms with E-state index in [0.717, 1.165) is 128 Å². The number of hydrogen-bond acceptors (Lipinski definition) is 18. The number of aromatic amines is 4. The standard InChI is InChI=1S/2C24H27N7O.C20H22BrN5O.C4H6N2/c1-16-14-25-15-31(16)22-12-17(6-9-26-22)23(32)24-27-20-5-4-19(13-21(20)28-24)30-10-7-18(8-11-30)29(2)3;1-16-14-31(15-26-16)22-12-17(6-9-25-22)23(32)24-27-20-5-4-19(13-21(20)28-24)30-10-7-18(8-11-30)29(2)3;1-25(2)14-6-9-26(10-7-14)15-3-4-16-17(12-15)24-20(23-16)19(27)13-5-8-22-18(21)11-13;1-4-2-5-3-6-4/h2*4-6,9,12-15,18H,7-8,10-11H2,1-3H3,(H,27,28);3-5,8,11-12,14H,6-7,9-10H2,1-2H3,(H,23,24);2-3H,1H3,(H,5,6). The summed E-state index contributed by atoms with van der Waals surface area (Å²) in [6.07, 6.45) is 22.3. The Morgan fingerprint density at radius 2 is 0.887 bits per heavy atom. The molecule has 0 aliphatic carbocycles. The summed E-state index contributed by atoms with van der Waals surface area (Å²) < 4.78 is 4.28. The zero-order valence-corrected chi connectivity index (χ0v) is 57.9. The minimum Gasteiger partial charge on any atom is -0.371 e. The van der Waals surface area contributed by atoms with E-state index in [1.54, 1.807) is 90.9 Å². The second kappa shape index (κ2) is 29.9. The number of piperidine rings is 3. The molecule has 12 aromatic rings. The molecule has 0 bridgehead atoms. The van der Waals surface area contributed by atoms with Crippen molar-refractivity contribution in [3.63, 3.8) is 0 Å². The highest BCUT2D eigenvalue weighted by Crippen LogP contribution is 2.30. The number of benzene rings is 3. The summed E-state index contributed by atoms with van der Waals surface area (Å²) in [5.74, 6) is 1.88. The summed E-state index contributed by atoms with van der Waals surface area (Å²) in [6.45, 7) is 12.0. The van der Waals surface area contributed by atoms with E-state index in [4.69, 9.17) is 0 Å². The molecule has 24 nitrogen and oxygen atoms in total. The van der Waals surface area contributed by atoms with Gasteiger partial charge in [-0.2, -0.15) is 0 Å². The molecule has 3 aliphatic rings. The van der Waals surface area contributed by atoms with Gasteiger partial charge in [-0.05, 0) is 209 Å². The molecule has 0 spiro atoms. The Morgan fingerprint density at radius 1 is 0.474 bits per heavy atom. The van der Waals surface area contributed by atoms with Gasteiger partial charge in [0.05, 0.1) is 45.1 Å². The predicted octanol–water partition coefficient (Wildman–Crippen LogP) is 10.6. The van der Waals surface area contributed by atoms with Crippen LogP contribution in [-0.4, -0.2) is 206 Å². The molecule has 0 unspecified atom stereocenters. The molecule has 4 N–H and O–H groups in total. The molecule has 15 rings (SSSR count). The van der Waals surface area contributed by atoms with Crippen molar-refractivity contribution in [1.82, 2.24) is 88.6 Å². The minimum atomic E-state index is -0.157. The number of nitrogens with one attached hydrogen (secondary N) is 4. The molecular weight excluding hydrogens is 1290 g/mol. The van der Waals surface area contributed by atoms with Gasteiger partial charge < -0.3 is 49.3 Å². The molecule has 0 saturated carbocycles. The number of imidazole rings is 6. The summed E-state index contributed by atoms with van der Waals surface area (Å²) in [7, 11) is 12.9. The molecule has 3 aromatic carbocycles. The van der Waals surface area contributed by atoms with Gasteiger partial charge in [-0.25, -0.2) is 44.9 Å². The Morgan fingerprint density at radius 3 is 1.24 bits per heavy atom. The van der Waals surface area contributed by atoms with Crippen molar-refractivity contribution in [3.8, 4) is 11.6 Å². The zero-order valence-electron chi connectivity index (χ0n) is 56.3. The normalized spacial score (nSPS) is 14.8. The summed E-state index contributed by atoms with van der Waals surface area (Å²) in [6, 6.07) is 30.8. The Balaban J connectivity index is 0.000000133. The number of nitrogens with zero attached hydrogens (tertiary/aromatic N) is 17. The first-order chi connectivity index (χ1) is 46.9. The van der Waals surface area contributed by atoms with Crippen LogP contribution in [0.1, 0.15) is 104 Å². The maximum Gasteiger partial charge on any atom is 0.228 e. The molecule has 500 valence electrons. The van der Waals surface area contributed by atoms with Crippen molar-refractivity contribution >= 4 is 83.4 Å². The number of anilines is 3. The number of rotatable bonds is 14. The van der Waals surface area contributed by atoms with Crippen LogP contribution in [0.5, 0.6) is 0 Å². The van der Waals surface area contributed by atoms with Crippen molar-refractivity contribution in [1.29, 1.82) is 0 Å². The third kappa shape index (κ3) is 15.9. The minimum absolute atomic E-state index is 0.136. The topological polar surface area (TPSA) is 260 Å². The third-order valence-corrected chi connectivity index (χ3v) is 18.8. The van der Waals surface area contributed by atoms with Crippen LogP contribution < -0.4 is 14.7 Å². The monoisotopic (exact) mass is 1370 g/mol. The van der Waals surface area contributed by atoms with Gasteiger partial charge in [-0.3, -0.25) is 23.5 Å². The van der Waals surface area contributed by atoms with Gasteiger partial charge in [0.25, 0.3) is 0 Å². The molecule has 97 heavy (non-hydrogen) atoms. The van der Waals surface area contributed by atoms with E-state index in [-0.39, 0.29) is 17.3 Å². The predicted molar refractivity (Wildman–Crippen MR) is 383 cm³/mol. The maximum absolute atomic E-state index is 13.1. The summed E-state index contributed by atoms with van der Waals surface area (Å²) in [5, 5.41) is 0. The fourth-order valence-electron chi connectivity index (χ4n) is 12.6. The lowest BCUT2D eigenvalue weighted by atomic mass is 10.0. The van der Waals surface area contributed by atoms with Crippen LogP contribution in [0.15, 0.2) is 152 Å². The average Bonchev–Trinajstić information content (AvgIpc) is 1.69. The lowest BCUT2D eigenvalue weighted by molar-refractivity contribution is 0.102. The first kappa shape index (κ1) is 66.9. The van der Waals surface area contributed by atoms with E-state index in [1.165, 1.54) is 17.1 Å². The molecule has 0 atom stereocenters. The zero-order chi connectivity index (χ0) is 67.9. The van der Waals surface area contributed by atoms with Crippen molar-refractivity contribution in [2.45, 2.75) is 77.4 Å². The van der Waals surface area contributed by atoms with Crippen molar-refractivity contribution < 1.29 is 14.4 Å². The summed E-state index contributed by atoms with van der Waals surface area (Å²) >= 11 is 3.30. The Labute approximate surface area is 571 Å². The lowest BCUT2D eigenvalue weighted by Gasteiger charge is -2.36. The van der Waals surface area contributed by atoms with Crippen LogP contribution in [0.25, 0.3) is 44.7 Å². The Kier molecular flexibility index (Phi) is 20.6. The fraction of sp³-hybridized carbons (Fsp3) is 0.333. The summed E-state index contributed by atoms with van der Waals surface area (Å²) in [5.41, 5.74) is 13.1. The fourth-order valence-corrected chi connectivity index (χ4v) is 13.0. The number of H-pyrrole nitrogens is 4. The lowest BCUT2D eigenvalue weighted by Crippen LogP contribution is -2.41. The van der Waals surface area contributed by atoms with E-state index in [0.29, 0.717) is 68.5 Å². The second-order valence-corrected chi connectivity index (χ2v) is 26.4. The Hall–Kier alpha value is -10.1. The maximum atomic E-state index is 13.1. The van der Waals surface area contributed by atoms with Crippen LogP contribution in [0, 0.1) is 20.8 Å². The molecule has 3 saturated heterocycles. The second-order valence-electron chi connectivity index (χ2n) is 25.6. The molecular formula is C72H82BrN21O3. The van der Waals surface area contributed by atoms with E-state index < -0.39 is 0 Å². The first-order valence-corrected chi connectivity index (χ1v) is 33.5. The van der Waals surface area contributed by atoms with Crippen molar-refractivity contribution in [2.24, 2.45) is 0 Å². The van der Waals surface area contributed by atoms with Gasteiger partial charge in [0, 0.05) is 140 Å². The SMILES string of the molecule is CN(C)C1CCN(c2ccc3nc(C(=O)c4ccnc(Br)c4)[nH]c3c2)CC1.Cc1cn(-c2cc(C(=O)c3nc4ccc(N5CCC(N(C)C)CC5)cc4[nH]3)ccn2)cn1.Cc1cnc[nH]1.Cc1cncn1-c1cc(C(=O)c2nc3ccc(N4CCC(N(C)C)CC4)cc3[nH]2)ccn1. The number of pyridine rings is 3. The van der Waals surface area contributed by atoms with Crippen LogP contribution in [0.4, 0.5) is 17.1 Å². The number of ketones is 3. The van der Waals surface area contributed by atoms with Gasteiger partial charge in [-0.15, -0.1) is 0 Å². The number of halogens is 1. The number of carbonyl (C=O) groups excluding carboxylic acids is 3. The van der Waals surface area contributed by atoms with Gasteiger partial charge in [0.15, 0.2) is 17.5 Å². The van der Waals surface area contributed by atoms with Gasteiger partial charge in [0.1, 0.15) is 28.9 Å². The number of fused-ring (bicyclic) bond motifs is 3. The molecule has 3 aliphatic heterocycles. The van der Waals surface area contributed by atoms with E-state index in [9.17, 15) is 14.4 Å². The number of carbonyl (C=O) groups is 3. The highest BCUT2D eigenvalue weighted by molar-refractivity contribution is 9.10. The molecule has 9 aromatic heterocycles. The smallest absolute Gasteiger partial charge is 0.228 e. The van der Waals surface area contributed by atoms with Crippen LogP contribution in [0.3, 0.4) is 0 Å². The molecule has 0 amide bonds. The molecule has 3 fully saturated rings. The van der Waals surface area contributed by atoms with Crippen LogP contribution in [-0.2, 0) is 0 Å². The largest absolute Gasteiger partial charge is 0.371 e. The van der Waals surface area contributed by atoms with Crippen molar-refractivity contribution in [2.75, 3.05) is 96.3 Å². The summed E-state index contributed by atoms with van der Waals surface area (Å²) in [4.78, 5) is 104. The van der Waals surface area contributed by atoms with Gasteiger partial charge in [-0.1, -0.05) is 0 Å². The molecule has 25 heteroatoms. The van der Waals surface area contributed by atoms with E-state index in [1.807, 2.05) is 49.7 Å². The van der Waals surface area contributed by atoms with E-state index in [2.05, 4.69) is 189 Å². The average molecular weight is 1370 g/mol. The number of hydrogen-bond donors (Lipinski definition) is 4. The van der Waals surface area contributed by atoms with Crippen LogP contribution in [0.2, 0.25) is 0 Å².